The summed E-state index contributed by atoms with van der Waals surface area (Å²) in [5.74, 6) is 0.486. The van der Waals surface area contributed by atoms with Gasteiger partial charge in [0.1, 0.15) is 0 Å². The maximum absolute atomic E-state index is 3.57. The number of hydrogen-bond acceptors (Lipinski definition) is 0. The van der Waals surface area contributed by atoms with Crippen molar-refractivity contribution in [2.24, 2.45) is 0 Å². The zero-order valence-electron chi connectivity index (χ0n) is 13.4. The predicted octanol–water partition coefficient (Wildman–Crippen LogP) is 1.68. The average molecular weight is 427 g/mol. The van der Waals surface area contributed by atoms with E-state index in [1.54, 1.807) is 0 Å². The van der Waals surface area contributed by atoms with Crippen LogP contribution < -0.4 is 17.0 Å². The molecule has 0 bridgehead atoms. The summed E-state index contributed by atoms with van der Waals surface area (Å²) in [6.45, 7) is 2.34. The molecule has 0 aromatic heterocycles. The minimum Gasteiger partial charge on any atom is -1.00 e. The summed E-state index contributed by atoms with van der Waals surface area (Å²) < 4.78 is 1.06. The molecule has 0 aliphatic rings. The highest BCUT2D eigenvalue weighted by molar-refractivity contribution is 9.09. The SMILES string of the molecule is C[N+](C)(CCBr)CCC(c1ccccc1)c1ccccc1.[Br-]. The van der Waals surface area contributed by atoms with Crippen molar-refractivity contribution in [3.63, 3.8) is 0 Å². The molecule has 0 spiro atoms. The van der Waals surface area contributed by atoms with Gasteiger partial charge in [0, 0.05) is 12.3 Å². The van der Waals surface area contributed by atoms with Gasteiger partial charge in [-0.1, -0.05) is 76.6 Å². The first-order valence-electron chi connectivity index (χ1n) is 7.60. The monoisotopic (exact) mass is 425 g/mol. The first-order chi connectivity index (χ1) is 10.1. The normalized spacial score (nSPS) is 11.3. The molecule has 0 radical (unpaired) electrons. The van der Waals surface area contributed by atoms with E-state index in [4.69, 9.17) is 0 Å². The van der Waals surface area contributed by atoms with Crippen LogP contribution in [0.5, 0.6) is 0 Å². The van der Waals surface area contributed by atoms with Gasteiger partial charge in [-0.05, 0) is 11.1 Å². The van der Waals surface area contributed by atoms with Crippen molar-refractivity contribution in [2.45, 2.75) is 12.3 Å². The standard InChI is InChI=1S/C19H25BrN.BrH/c1-21(2,16-14-20)15-13-19(17-9-5-3-6-10-17)18-11-7-4-8-12-18;/h3-12,19H,13-16H2,1-2H3;1H/q+1;/p-1. The third-order valence-electron chi connectivity index (χ3n) is 4.12. The molecule has 22 heavy (non-hydrogen) atoms. The molecule has 3 heteroatoms. The van der Waals surface area contributed by atoms with Gasteiger partial charge in [-0.2, -0.15) is 0 Å². The van der Waals surface area contributed by atoms with Crippen LogP contribution in [0.3, 0.4) is 0 Å². The summed E-state index contributed by atoms with van der Waals surface area (Å²) in [6.07, 6.45) is 1.17. The second-order valence-corrected chi connectivity index (χ2v) is 7.03. The van der Waals surface area contributed by atoms with Crippen LogP contribution >= 0.6 is 15.9 Å². The van der Waals surface area contributed by atoms with Gasteiger partial charge in [0.15, 0.2) is 0 Å². The Bertz CT molecular complexity index is 486. The summed E-state index contributed by atoms with van der Waals surface area (Å²) in [4.78, 5) is 0. The molecule has 2 rings (SSSR count). The molecule has 120 valence electrons. The lowest BCUT2D eigenvalue weighted by Gasteiger charge is -2.31. The maximum Gasteiger partial charge on any atom is 0.0880 e. The highest BCUT2D eigenvalue weighted by atomic mass is 79.9. The quantitative estimate of drug-likeness (QED) is 0.466. The van der Waals surface area contributed by atoms with E-state index in [9.17, 15) is 0 Å². The summed E-state index contributed by atoms with van der Waals surface area (Å²) in [5, 5.41) is 1.06. The number of nitrogens with zero attached hydrogens (tertiary/aromatic N) is 1. The number of quaternary nitrogens is 1. The van der Waals surface area contributed by atoms with Crippen LogP contribution in [0.2, 0.25) is 0 Å². The van der Waals surface area contributed by atoms with Crippen molar-refractivity contribution >= 4 is 15.9 Å². The number of halogens is 2. The molecular weight excluding hydrogens is 402 g/mol. The van der Waals surface area contributed by atoms with Gasteiger partial charge >= 0.3 is 0 Å². The predicted molar refractivity (Wildman–Crippen MR) is 95.0 cm³/mol. The second kappa shape index (κ2) is 9.49. The number of alkyl halides is 1. The number of rotatable bonds is 7. The van der Waals surface area contributed by atoms with Gasteiger partial charge in [0.25, 0.3) is 0 Å². The molecule has 2 aromatic carbocycles. The van der Waals surface area contributed by atoms with Gasteiger partial charge in [0.05, 0.1) is 32.5 Å². The average Bonchev–Trinajstić information content (AvgIpc) is 2.49. The molecular formula is C19H25Br2N. The van der Waals surface area contributed by atoms with Gasteiger partial charge in [-0.15, -0.1) is 0 Å². The lowest BCUT2D eigenvalue weighted by molar-refractivity contribution is -0.888. The molecule has 0 N–H and O–H groups in total. The van der Waals surface area contributed by atoms with Gasteiger partial charge in [0.2, 0.25) is 0 Å². The zero-order chi connectivity index (χ0) is 15.1. The maximum atomic E-state index is 3.57. The van der Waals surface area contributed by atoms with Crippen molar-refractivity contribution in [3.05, 3.63) is 71.8 Å². The van der Waals surface area contributed by atoms with Crippen LogP contribution in [0.15, 0.2) is 60.7 Å². The minimum atomic E-state index is 0. The van der Waals surface area contributed by atoms with Gasteiger partial charge < -0.3 is 21.5 Å². The van der Waals surface area contributed by atoms with Crippen molar-refractivity contribution < 1.29 is 21.5 Å². The number of benzene rings is 2. The van der Waals surface area contributed by atoms with E-state index in [1.807, 2.05) is 0 Å². The molecule has 0 saturated carbocycles. The topological polar surface area (TPSA) is 0 Å². The highest BCUT2D eigenvalue weighted by Gasteiger charge is 2.20. The number of hydrogen-bond donors (Lipinski definition) is 0. The summed E-state index contributed by atoms with van der Waals surface area (Å²) in [7, 11) is 4.63. The summed E-state index contributed by atoms with van der Waals surface area (Å²) >= 11 is 3.57. The summed E-state index contributed by atoms with van der Waals surface area (Å²) in [5.41, 5.74) is 2.84. The molecule has 0 aliphatic carbocycles. The largest absolute Gasteiger partial charge is 1.00 e. The minimum absolute atomic E-state index is 0. The van der Waals surface area contributed by atoms with E-state index in [0.717, 1.165) is 16.4 Å². The summed E-state index contributed by atoms with van der Waals surface area (Å²) in [6, 6.07) is 21.8. The fourth-order valence-electron chi connectivity index (χ4n) is 2.72. The van der Waals surface area contributed by atoms with Gasteiger partial charge in [-0.3, -0.25) is 0 Å². The molecule has 0 fully saturated rings. The molecule has 0 heterocycles. The molecule has 0 amide bonds. The Morgan fingerprint density at radius 1 is 0.818 bits per heavy atom. The molecule has 2 aromatic rings. The first-order valence-corrected chi connectivity index (χ1v) is 8.72. The zero-order valence-corrected chi connectivity index (χ0v) is 16.6. The van der Waals surface area contributed by atoms with Crippen molar-refractivity contribution in [2.75, 3.05) is 32.5 Å². The third-order valence-corrected chi connectivity index (χ3v) is 4.47. The Balaban J connectivity index is 0.00000242. The van der Waals surface area contributed by atoms with E-state index in [1.165, 1.54) is 24.1 Å². The van der Waals surface area contributed by atoms with Crippen LogP contribution in [-0.4, -0.2) is 37.0 Å². The van der Waals surface area contributed by atoms with Crippen LogP contribution in [0, 0.1) is 0 Å². The lowest BCUT2D eigenvalue weighted by Crippen LogP contribution is -3.00. The third kappa shape index (κ3) is 5.86. The van der Waals surface area contributed by atoms with Gasteiger partial charge in [-0.25, -0.2) is 0 Å². The Morgan fingerprint density at radius 2 is 1.27 bits per heavy atom. The van der Waals surface area contributed by atoms with Crippen molar-refractivity contribution in [1.29, 1.82) is 0 Å². The van der Waals surface area contributed by atoms with Crippen molar-refractivity contribution in [3.8, 4) is 0 Å². The molecule has 1 nitrogen and oxygen atoms in total. The van der Waals surface area contributed by atoms with Crippen molar-refractivity contribution in [1.82, 2.24) is 0 Å². The molecule has 0 saturated heterocycles. The lowest BCUT2D eigenvalue weighted by atomic mass is 9.88. The Kier molecular flexibility index (Phi) is 8.37. The first kappa shape index (κ1) is 19.4. The van der Waals surface area contributed by atoms with Crippen LogP contribution in [-0.2, 0) is 0 Å². The fourth-order valence-corrected chi connectivity index (χ4v) is 3.68. The Hall–Kier alpha value is -0.640. The van der Waals surface area contributed by atoms with E-state index in [2.05, 4.69) is 90.7 Å². The second-order valence-electron chi connectivity index (χ2n) is 6.23. The van der Waals surface area contributed by atoms with Crippen LogP contribution in [0.4, 0.5) is 0 Å². The molecule has 0 unspecified atom stereocenters. The van der Waals surface area contributed by atoms with Crippen LogP contribution in [0.25, 0.3) is 0 Å². The Labute approximate surface area is 153 Å². The van der Waals surface area contributed by atoms with E-state index >= 15 is 0 Å². The fraction of sp³-hybridized carbons (Fsp3) is 0.368. The van der Waals surface area contributed by atoms with Crippen LogP contribution in [0.1, 0.15) is 23.5 Å². The van der Waals surface area contributed by atoms with E-state index < -0.39 is 0 Å². The highest BCUT2D eigenvalue weighted by Crippen LogP contribution is 2.28. The molecule has 0 atom stereocenters. The Morgan fingerprint density at radius 3 is 1.68 bits per heavy atom. The smallest absolute Gasteiger partial charge is 0.0880 e. The van der Waals surface area contributed by atoms with E-state index in [0.29, 0.717) is 5.92 Å². The molecule has 0 aliphatic heterocycles. The van der Waals surface area contributed by atoms with E-state index in [-0.39, 0.29) is 17.0 Å².